The molecule has 2 rings (SSSR count). The summed E-state index contributed by atoms with van der Waals surface area (Å²) in [6, 6.07) is 7.46. The van der Waals surface area contributed by atoms with Crippen molar-refractivity contribution in [2.45, 2.75) is 18.7 Å². The third kappa shape index (κ3) is 2.80. The Morgan fingerprint density at radius 1 is 1.05 bits per heavy atom. The second-order valence-corrected chi connectivity index (χ2v) is 6.08. The molecule has 0 amide bonds. The molecule has 3 nitrogen and oxygen atoms in total. The summed E-state index contributed by atoms with van der Waals surface area (Å²) in [4.78, 5) is -0.584. The van der Waals surface area contributed by atoms with E-state index in [4.69, 9.17) is 0 Å². The fourth-order valence-electron chi connectivity index (χ4n) is 1.75. The summed E-state index contributed by atoms with van der Waals surface area (Å²) in [6.07, 6.45) is 0. The molecule has 0 spiro atoms. The standard InChI is InChI=1S/C14H13F2NO2S/c1-9-4-3-5-13(10(9)2)17-20(18,19)14-7-6-11(15)8-12(14)16/h3-8,17H,1-2H3. The Balaban J connectivity index is 2.44. The van der Waals surface area contributed by atoms with Gasteiger partial charge < -0.3 is 0 Å². The summed E-state index contributed by atoms with van der Waals surface area (Å²) in [6.45, 7) is 3.60. The van der Waals surface area contributed by atoms with Crippen molar-refractivity contribution >= 4 is 15.7 Å². The van der Waals surface area contributed by atoms with Gasteiger partial charge in [0.15, 0.2) is 0 Å². The van der Waals surface area contributed by atoms with Crippen LogP contribution in [0.5, 0.6) is 0 Å². The van der Waals surface area contributed by atoms with Crippen LogP contribution in [-0.4, -0.2) is 8.42 Å². The van der Waals surface area contributed by atoms with Crippen LogP contribution in [-0.2, 0) is 10.0 Å². The Morgan fingerprint density at radius 2 is 1.75 bits per heavy atom. The second-order valence-electron chi connectivity index (χ2n) is 4.43. The summed E-state index contributed by atoms with van der Waals surface area (Å²) in [5, 5.41) is 0. The number of sulfonamides is 1. The van der Waals surface area contributed by atoms with Gasteiger partial charge in [0.25, 0.3) is 10.0 Å². The molecule has 0 unspecified atom stereocenters. The fourth-order valence-corrected chi connectivity index (χ4v) is 2.94. The first-order valence-corrected chi connectivity index (χ1v) is 7.33. The normalized spacial score (nSPS) is 11.4. The van der Waals surface area contributed by atoms with Gasteiger partial charge in [-0.25, -0.2) is 17.2 Å². The Labute approximate surface area is 116 Å². The number of nitrogens with one attached hydrogen (secondary N) is 1. The largest absolute Gasteiger partial charge is 0.279 e. The third-order valence-corrected chi connectivity index (χ3v) is 4.43. The predicted molar refractivity (Wildman–Crippen MR) is 73.1 cm³/mol. The molecule has 0 aliphatic rings. The van der Waals surface area contributed by atoms with Gasteiger partial charge in [0, 0.05) is 6.07 Å². The lowest BCUT2D eigenvalue weighted by Crippen LogP contribution is -2.15. The van der Waals surface area contributed by atoms with E-state index in [-0.39, 0.29) is 0 Å². The smallest absolute Gasteiger partial charge is 0.264 e. The summed E-state index contributed by atoms with van der Waals surface area (Å²) >= 11 is 0. The molecule has 106 valence electrons. The molecular formula is C14H13F2NO2S. The van der Waals surface area contributed by atoms with E-state index in [1.54, 1.807) is 19.1 Å². The van der Waals surface area contributed by atoms with Crippen LogP contribution in [0.2, 0.25) is 0 Å². The van der Waals surface area contributed by atoms with Crippen LogP contribution in [0, 0.1) is 25.5 Å². The quantitative estimate of drug-likeness (QED) is 0.944. The first kappa shape index (κ1) is 14.5. The number of hydrogen-bond donors (Lipinski definition) is 1. The lowest BCUT2D eigenvalue weighted by atomic mass is 10.1. The van der Waals surface area contributed by atoms with E-state index in [9.17, 15) is 17.2 Å². The number of halogens is 2. The molecule has 0 bridgehead atoms. The predicted octanol–water partition coefficient (Wildman–Crippen LogP) is 3.38. The van der Waals surface area contributed by atoms with Gasteiger partial charge in [-0.3, -0.25) is 4.72 Å². The first-order valence-electron chi connectivity index (χ1n) is 5.85. The maximum Gasteiger partial charge on any atom is 0.264 e. The highest BCUT2D eigenvalue weighted by Crippen LogP contribution is 2.23. The van der Waals surface area contributed by atoms with Gasteiger partial charge in [0.05, 0.1) is 5.69 Å². The Hall–Kier alpha value is -1.95. The van der Waals surface area contributed by atoms with Crippen LogP contribution in [0.15, 0.2) is 41.3 Å². The zero-order valence-electron chi connectivity index (χ0n) is 10.9. The molecule has 0 radical (unpaired) electrons. The van der Waals surface area contributed by atoms with Gasteiger partial charge in [-0.1, -0.05) is 12.1 Å². The average molecular weight is 297 g/mol. The summed E-state index contributed by atoms with van der Waals surface area (Å²) in [7, 11) is -4.09. The Bertz CT molecular complexity index is 758. The third-order valence-electron chi connectivity index (χ3n) is 3.03. The Kier molecular flexibility index (Phi) is 3.76. The number of aryl methyl sites for hydroxylation is 1. The summed E-state index contributed by atoms with van der Waals surface area (Å²) in [5.74, 6) is -1.95. The van der Waals surface area contributed by atoms with Gasteiger partial charge in [-0.2, -0.15) is 0 Å². The second kappa shape index (κ2) is 5.20. The highest BCUT2D eigenvalue weighted by Gasteiger charge is 2.20. The van der Waals surface area contributed by atoms with E-state index in [0.717, 1.165) is 23.3 Å². The van der Waals surface area contributed by atoms with Crippen LogP contribution in [0.3, 0.4) is 0 Å². The first-order chi connectivity index (χ1) is 9.31. The molecule has 0 fully saturated rings. The van der Waals surface area contributed by atoms with Crippen molar-refractivity contribution in [2.24, 2.45) is 0 Å². The van der Waals surface area contributed by atoms with E-state index in [1.807, 2.05) is 13.0 Å². The molecule has 0 saturated carbocycles. The summed E-state index contributed by atoms with van der Waals surface area (Å²) < 4.78 is 53.0. The van der Waals surface area contributed by atoms with E-state index >= 15 is 0 Å². The minimum Gasteiger partial charge on any atom is -0.279 e. The number of rotatable bonds is 3. The molecule has 0 aliphatic heterocycles. The lowest BCUT2D eigenvalue weighted by Gasteiger charge is -2.12. The fraction of sp³-hybridized carbons (Fsp3) is 0.143. The number of benzene rings is 2. The zero-order chi connectivity index (χ0) is 14.9. The molecule has 6 heteroatoms. The van der Waals surface area contributed by atoms with Crippen molar-refractivity contribution in [2.75, 3.05) is 4.72 Å². The van der Waals surface area contributed by atoms with E-state index in [2.05, 4.69) is 4.72 Å². The van der Waals surface area contributed by atoms with Gasteiger partial charge in [0.2, 0.25) is 0 Å². The Morgan fingerprint density at radius 3 is 2.40 bits per heavy atom. The van der Waals surface area contributed by atoms with Crippen molar-refractivity contribution in [3.05, 3.63) is 59.2 Å². The maximum atomic E-state index is 13.6. The topological polar surface area (TPSA) is 46.2 Å². The minimum absolute atomic E-state index is 0.369. The van der Waals surface area contributed by atoms with Crippen LogP contribution < -0.4 is 4.72 Å². The molecule has 0 saturated heterocycles. The molecule has 1 N–H and O–H groups in total. The molecule has 2 aromatic carbocycles. The van der Waals surface area contributed by atoms with E-state index < -0.39 is 26.6 Å². The van der Waals surface area contributed by atoms with Crippen molar-refractivity contribution in [1.82, 2.24) is 0 Å². The molecule has 0 aliphatic carbocycles. The SMILES string of the molecule is Cc1cccc(NS(=O)(=O)c2ccc(F)cc2F)c1C. The monoisotopic (exact) mass is 297 g/mol. The van der Waals surface area contributed by atoms with Crippen LogP contribution in [0.4, 0.5) is 14.5 Å². The van der Waals surface area contributed by atoms with Gasteiger partial charge in [-0.05, 0) is 43.2 Å². The van der Waals surface area contributed by atoms with Gasteiger partial charge in [-0.15, -0.1) is 0 Å². The van der Waals surface area contributed by atoms with Crippen molar-refractivity contribution in [1.29, 1.82) is 0 Å². The molecule has 0 atom stereocenters. The minimum atomic E-state index is -4.09. The average Bonchev–Trinajstić information content (AvgIpc) is 2.34. The van der Waals surface area contributed by atoms with Crippen LogP contribution in [0.25, 0.3) is 0 Å². The lowest BCUT2D eigenvalue weighted by molar-refractivity contribution is 0.551. The molecule has 0 heterocycles. The molecular weight excluding hydrogens is 284 g/mol. The highest BCUT2D eigenvalue weighted by molar-refractivity contribution is 7.92. The summed E-state index contributed by atoms with van der Waals surface area (Å²) in [5.41, 5.74) is 2.03. The number of anilines is 1. The van der Waals surface area contributed by atoms with Crippen molar-refractivity contribution in [3.63, 3.8) is 0 Å². The van der Waals surface area contributed by atoms with E-state index in [0.29, 0.717) is 11.8 Å². The maximum absolute atomic E-state index is 13.6. The number of hydrogen-bond acceptors (Lipinski definition) is 2. The van der Waals surface area contributed by atoms with E-state index in [1.165, 1.54) is 0 Å². The zero-order valence-corrected chi connectivity index (χ0v) is 11.8. The van der Waals surface area contributed by atoms with Gasteiger partial charge in [0.1, 0.15) is 16.5 Å². The highest BCUT2D eigenvalue weighted by atomic mass is 32.2. The molecule has 2 aromatic rings. The van der Waals surface area contributed by atoms with Crippen molar-refractivity contribution in [3.8, 4) is 0 Å². The van der Waals surface area contributed by atoms with Crippen LogP contribution in [0.1, 0.15) is 11.1 Å². The van der Waals surface area contributed by atoms with Crippen LogP contribution >= 0.6 is 0 Å². The van der Waals surface area contributed by atoms with Gasteiger partial charge >= 0.3 is 0 Å². The van der Waals surface area contributed by atoms with Crippen molar-refractivity contribution < 1.29 is 17.2 Å². The molecule has 0 aromatic heterocycles. The molecule has 20 heavy (non-hydrogen) atoms.